The maximum Gasteiger partial charge on any atom is 0.416 e. The van der Waals surface area contributed by atoms with Crippen LogP contribution in [-0.2, 0) is 23.9 Å². The van der Waals surface area contributed by atoms with Crippen LogP contribution in [0.25, 0.3) is 11.1 Å². The number of carbonyl (C=O) groups is 1. The van der Waals surface area contributed by atoms with Gasteiger partial charge >= 0.3 is 12.1 Å². The summed E-state index contributed by atoms with van der Waals surface area (Å²) in [6.07, 6.45) is -4.84. The summed E-state index contributed by atoms with van der Waals surface area (Å²) in [6, 6.07) is 7.02. The van der Waals surface area contributed by atoms with E-state index in [0.29, 0.717) is 23.2 Å². The van der Waals surface area contributed by atoms with E-state index in [1.165, 1.54) is 18.2 Å². The molecular formula is C18H17F4NO2. The Labute approximate surface area is 142 Å². The molecule has 0 atom stereocenters. The van der Waals surface area contributed by atoms with Crippen LogP contribution in [0.1, 0.15) is 23.6 Å². The number of carboxylic acid groups (broad SMARTS) is 1. The molecule has 2 aromatic rings. The number of halogens is 4. The third kappa shape index (κ3) is 5.03. The zero-order valence-electron chi connectivity index (χ0n) is 13.5. The van der Waals surface area contributed by atoms with Crippen molar-refractivity contribution in [3.8, 4) is 11.1 Å². The minimum atomic E-state index is -4.48. The Morgan fingerprint density at radius 2 is 1.88 bits per heavy atom. The SMILES string of the molecule is CCNCc1cc(C(F)(F)F)ccc1-c1cc(F)cc(CC(=O)O)c1. The normalized spacial score (nSPS) is 11.6. The van der Waals surface area contributed by atoms with Gasteiger partial charge in [-0.1, -0.05) is 19.1 Å². The van der Waals surface area contributed by atoms with Gasteiger partial charge in [0.05, 0.1) is 12.0 Å². The van der Waals surface area contributed by atoms with E-state index in [1.807, 2.05) is 6.92 Å². The Hall–Kier alpha value is -2.41. The van der Waals surface area contributed by atoms with Gasteiger partial charge in [0.1, 0.15) is 5.82 Å². The Balaban J connectivity index is 2.53. The van der Waals surface area contributed by atoms with E-state index < -0.39 is 23.5 Å². The number of rotatable bonds is 6. The number of hydrogen-bond acceptors (Lipinski definition) is 2. The van der Waals surface area contributed by atoms with E-state index in [2.05, 4.69) is 5.32 Å². The molecule has 0 saturated carbocycles. The van der Waals surface area contributed by atoms with Gasteiger partial charge in [0.25, 0.3) is 0 Å². The highest BCUT2D eigenvalue weighted by molar-refractivity contribution is 5.73. The fourth-order valence-electron chi connectivity index (χ4n) is 2.54. The van der Waals surface area contributed by atoms with Crippen molar-refractivity contribution in [2.75, 3.05) is 6.54 Å². The van der Waals surface area contributed by atoms with E-state index in [0.717, 1.165) is 18.2 Å². The second kappa shape index (κ2) is 7.65. The monoisotopic (exact) mass is 355 g/mol. The highest BCUT2D eigenvalue weighted by atomic mass is 19.4. The molecule has 0 amide bonds. The molecule has 134 valence electrons. The lowest BCUT2D eigenvalue weighted by molar-refractivity contribution is -0.138. The van der Waals surface area contributed by atoms with Crippen LogP contribution in [-0.4, -0.2) is 17.6 Å². The lowest BCUT2D eigenvalue weighted by atomic mass is 9.95. The van der Waals surface area contributed by atoms with Crippen molar-refractivity contribution in [1.29, 1.82) is 0 Å². The molecule has 0 aliphatic rings. The first-order valence-corrected chi connectivity index (χ1v) is 7.63. The third-order valence-electron chi connectivity index (χ3n) is 3.62. The molecule has 0 radical (unpaired) electrons. The van der Waals surface area contributed by atoms with Crippen molar-refractivity contribution in [2.24, 2.45) is 0 Å². The van der Waals surface area contributed by atoms with Crippen LogP contribution in [0.3, 0.4) is 0 Å². The average Bonchev–Trinajstić information content (AvgIpc) is 2.50. The zero-order chi connectivity index (χ0) is 18.6. The molecular weight excluding hydrogens is 338 g/mol. The summed E-state index contributed by atoms with van der Waals surface area (Å²) in [5.74, 6) is -1.75. The third-order valence-corrected chi connectivity index (χ3v) is 3.62. The molecule has 0 aliphatic heterocycles. The molecule has 2 rings (SSSR count). The molecule has 2 aromatic carbocycles. The van der Waals surface area contributed by atoms with Gasteiger partial charge < -0.3 is 10.4 Å². The lowest BCUT2D eigenvalue weighted by Gasteiger charge is -2.15. The predicted molar refractivity (Wildman–Crippen MR) is 85.6 cm³/mol. The molecule has 0 bridgehead atoms. The van der Waals surface area contributed by atoms with Crippen molar-refractivity contribution in [3.63, 3.8) is 0 Å². The number of carboxylic acids is 1. The Kier molecular flexibility index (Phi) is 5.79. The summed E-state index contributed by atoms with van der Waals surface area (Å²) >= 11 is 0. The quantitative estimate of drug-likeness (QED) is 0.762. The lowest BCUT2D eigenvalue weighted by Crippen LogP contribution is -2.14. The fraction of sp³-hybridized carbons (Fsp3) is 0.278. The molecule has 2 N–H and O–H groups in total. The van der Waals surface area contributed by atoms with Crippen LogP contribution in [0.2, 0.25) is 0 Å². The van der Waals surface area contributed by atoms with Gasteiger partial charge in [0.2, 0.25) is 0 Å². The Morgan fingerprint density at radius 1 is 1.16 bits per heavy atom. The van der Waals surface area contributed by atoms with E-state index in [1.54, 1.807) is 0 Å². The number of hydrogen-bond donors (Lipinski definition) is 2. The van der Waals surface area contributed by atoms with Crippen molar-refractivity contribution >= 4 is 5.97 Å². The summed E-state index contributed by atoms with van der Waals surface area (Å²) in [4.78, 5) is 10.8. The smallest absolute Gasteiger partial charge is 0.416 e. The van der Waals surface area contributed by atoms with Crippen LogP contribution in [0.4, 0.5) is 17.6 Å². The first kappa shape index (κ1) is 18.9. The summed E-state index contributed by atoms with van der Waals surface area (Å²) in [7, 11) is 0. The van der Waals surface area contributed by atoms with E-state index in [9.17, 15) is 22.4 Å². The molecule has 25 heavy (non-hydrogen) atoms. The average molecular weight is 355 g/mol. The molecule has 0 saturated heterocycles. The van der Waals surface area contributed by atoms with Crippen LogP contribution in [0.15, 0.2) is 36.4 Å². The molecule has 0 fully saturated rings. The van der Waals surface area contributed by atoms with Crippen LogP contribution in [0.5, 0.6) is 0 Å². The number of benzene rings is 2. The highest BCUT2D eigenvalue weighted by Crippen LogP contribution is 2.34. The van der Waals surface area contributed by atoms with Crippen molar-refractivity contribution in [3.05, 3.63) is 58.9 Å². The Morgan fingerprint density at radius 3 is 2.48 bits per heavy atom. The largest absolute Gasteiger partial charge is 0.481 e. The number of alkyl halides is 3. The van der Waals surface area contributed by atoms with Crippen LogP contribution >= 0.6 is 0 Å². The van der Waals surface area contributed by atoms with Gasteiger partial charge in [-0.15, -0.1) is 0 Å². The van der Waals surface area contributed by atoms with Crippen LogP contribution in [0, 0.1) is 5.82 Å². The van der Waals surface area contributed by atoms with Gasteiger partial charge in [-0.3, -0.25) is 4.79 Å². The van der Waals surface area contributed by atoms with Crippen LogP contribution < -0.4 is 5.32 Å². The molecule has 0 heterocycles. The van der Waals surface area contributed by atoms with Crippen molar-refractivity contribution in [2.45, 2.75) is 26.1 Å². The summed E-state index contributed by atoms with van der Waals surface area (Å²) < 4.78 is 52.7. The fourth-order valence-corrected chi connectivity index (χ4v) is 2.54. The highest BCUT2D eigenvalue weighted by Gasteiger charge is 2.31. The van der Waals surface area contributed by atoms with Gasteiger partial charge in [-0.2, -0.15) is 13.2 Å². The van der Waals surface area contributed by atoms with E-state index in [4.69, 9.17) is 5.11 Å². The maximum absolute atomic E-state index is 13.8. The summed E-state index contributed by atoms with van der Waals surface area (Å²) in [5, 5.41) is 11.8. The molecule has 0 aromatic heterocycles. The summed E-state index contributed by atoms with van der Waals surface area (Å²) in [5.41, 5.74) is 0.602. The number of aliphatic carboxylic acids is 1. The van der Waals surface area contributed by atoms with Gasteiger partial charge in [-0.25, -0.2) is 4.39 Å². The molecule has 0 spiro atoms. The van der Waals surface area contributed by atoms with Gasteiger partial charge in [0, 0.05) is 6.54 Å². The number of nitrogens with one attached hydrogen (secondary N) is 1. The zero-order valence-corrected chi connectivity index (χ0v) is 13.5. The maximum atomic E-state index is 13.8. The second-order valence-corrected chi connectivity index (χ2v) is 5.57. The van der Waals surface area contributed by atoms with E-state index in [-0.39, 0.29) is 18.5 Å². The van der Waals surface area contributed by atoms with Crippen molar-refractivity contribution in [1.82, 2.24) is 5.32 Å². The topological polar surface area (TPSA) is 49.3 Å². The minimum Gasteiger partial charge on any atom is -0.481 e. The molecule has 0 aliphatic carbocycles. The molecule has 0 unspecified atom stereocenters. The first-order chi connectivity index (χ1) is 11.7. The van der Waals surface area contributed by atoms with Gasteiger partial charge in [-0.05, 0) is 53.1 Å². The first-order valence-electron chi connectivity index (χ1n) is 7.63. The molecule has 7 heteroatoms. The minimum absolute atomic E-state index is 0.181. The summed E-state index contributed by atoms with van der Waals surface area (Å²) in [6.45, 7) is 2.56. The standard InChI is InChI=1S/C18H17F4NO2/c1-2-23-10-13-8-14(18(20,21)22)3-4-16(13)12-5-11(7-17(24)25)6-15(19)9-12/h3-6,8-9,23H,2,7,10H2,1H3,(H,24,25). The van der Waals surface area contributed by atoms with Crippen molar-refractivity contribution < 1.29 is 27.5 Å². The molecule has 3 nitrogen and oxygen atoms in total. The van der Waals surface area contributed by atoms with E-state index >= 15 is 0 Å². The second-order valence-electron chi connectivity index (χ2n) is 5.57. The Bertz CT molecular complexity index is 772. The van der Waals surface area contributed by atoms with Gasteiger partial charge in [0.15, 0.2) is 0 Å². The predicted octanol–water partition coefficient (Wildman–Crippen LogP) is 4.25.